The summed E-state index contributed by atoms with van der Waals surface area (Å²) in [6, 6.07) is 2.74. The number of carboxylic acids is 1. The van der Waals surface area contributed by atoms with Gasteiger partial charge in [0.1, 0.15) is 0 Å². The first-order valence-corrected chi connectivity index (χ1v) is 7.08. The normalized spacial score (nSPS) is 23.8. The van der Waals surface area contributed by atoms with Crippen LogP contribution in [-0.2, 0) is 9.59 Å². The molecule has 3 amide bonds. The quantitative estimate of drug-likeness (QED) is 0.381. The number of imide groups is 1. The lowest BCUT2D eigenvalue weighted by Gasteiger charge is -2.47. The van der Waals surface area contributed by atoms with E-state index < -0.39 is 42.1 Å². The van der Waals surface area contributed by atoms with E-state index in [1.807, 2.05) is 0 Å². The van der Waals surface area contributed by atoms with E-state index >= 15 is 0 Å². The van der Waals surface area contributed by atoms with E-state index in [0.29, 0.717) is 9.80 Å². The summed E-state index contributed by atoms with van der Waals surface area (Å²) in [6.07, 6.45) is -2.10. The van der Waals surface area contributed by atoms with Crippen LogP contribution in [0.25, 0.3) is 0 Å². The number of rotatable bonds is 4. The SMILES string of the molecule is C=C(C)C(C(=O)O)N1C(=O)C(N2C(=O)c3ccccc3C2=O)C1F. The van der Waals surface area contributed by atoms with Crippen LogP contribution in [0.1, 0.15) is 27.6 Å². The molecule has 2 heterocycles. The summed E-state index contributed by atoms with van der Waals surface area (Å²) in [7, 11) is 0. The third-order valence-electron chi connectivity index (χ3n) is 4.12. The van der Waals surface area contributed by atoms with Crippen LogP contribution in [0, 0.1) is 0 Å². The molecular formula is C16H13FN2O5. The third kappa shape index (κ3) is 1.96. The van der Waals surface area contributed by atoms with Gasteiger partial charge in [0.05, 0.1) is 11.1 Å². The molecule has 2 aliphatic heterocycles. The van der Waals surface area contributed by atoms with Crippen LogP contribution in [0.5, 0.6) is 0 Å². The molecule has 7 nitrogen and oxygen atoms in total. The first kappa shape index (κ1) is 15.9. The predicted molar refractivity (Wildman–Crippen MR) is 78.7 cm³/mol. The van der Waals surface area contributed by atoms with Gasteiger partial charge in [-0.05, 0) is 24.6 Å². The molecular weight excluding hydrogens is 319 g/mol. The smallest absolute Gasteiger partial charge is 0.330 e. The number of carbonyl (C=O) groups excluding carboxylic acids is 3. The maximum atomic E-state index is 14.5. The Labute approximate surface area is 136 Å². The van der Waals surface area contributed by atoms with E-state index in [9.17, 15) is 23.6 Å². The van der Waals surface area contributed by atoms with Crippen molar-refractivity contribution in [3.05, 3.63) is 47.5 Å². The van der Waals surface area contributed by atoms with Crippen LogP contribution in [-0.4, -0.2) is 57.0 Å². The Morgan fingerprint density at radius 3 is 2.08 bits per heavy atom. The van der Waals surface area contributed by atoms with Gasteiger partial charge >= 0.3 is 5.97 Å². The number of amides is 3. The molecule has 124 valence electrons. The third-order valence-corrected chi connectivity index (χ3v) is 4.12. The topological polar surface area (TPSA) is 95.0 Å². The molecule has 0 aromatic heterocycles. The molecule has 24 heavy (non-hydrogen) atoms. The fourth-order valence-corrected chi connectivity index (χ4v) is 2.99. The van der Waals surface area contributed by atoms with Crippen LogP contribution in [0.3, 0.4) is 0 Å². The van der Waals surface area contributed by atoms with E-state index in [0.717, 1.165) is 0 Å². The lowest BCUT2D eigenvalue weighted by atomic mass is 9.97. The van der Waals surface area contributed by atoms with Gasteiger partial charge in [-0.1, -0.05) is 18.7 Å². The van der Waals surface area contributed by atoms with Crippen LogP contribution in [0.4, 0.5) is 4.39 Å². The Kier molecular flexibility index (Phi) is 3.47. The van der Waals surface area contributed by atoms with Gasteiger partial charge in [-0.15, -0.1) is 0 Å². The number of alkyl halides is 1. The second-order valence-electron chi connectivity index (χ2n) is 5.68. The number of carboxylic acid groups (broad SMARTS) is 1. The van der Waals surface area contributed by atoms with Crippen LogP contribution >= 0.6 is 0 Å². The van der Waals surface area contributed by atoms with E-state index in [2.05, 4.69) is 6.58 Å². The van der Waals surface area contributed by atoms with Crippen molar-refractivity contribution < 1.29 is 28.7 Å². The van der Waals surface area contributed by atoms with Crippen molar-refractivity contribution in [3.63, 3.8) is 0 Å². The number of β-lactam (4-membered cyclic amide) rings is 1. The van der Waals surface area contributed by atoms with E-state index in [1.54, 1.807) is 12.1 Å². The summed E-state index contributed by atoms with van der Waals surface area (Å²) in [5.74, 6) is -3.90. The molecule has 1 saturated heterocycles. The molecule has 3 atom stereocenters. The Bertz CT molecular complexity index is 756. The first-order valence-electron chi connectivity index (χ1n) is 7.08. The largest absolute Gasteiger partial charge is 0.479 e. The van der Waals surface area contributed by atoms with Crippen molar-refractivity contribution in [2.24, 2.45) is 0 Å². The number of hydrogen-bond acceptors (Lipinski definition) is 4. The minimum atomic E-state index is -2.10. The Morgan fingerprint density at radius 2 is 1.71 bits per heavy atom. The van der Waals surface area contributed by atoms with Gasteiger partial charge in [0.25, 0.3) is 17.7 Å². The summed E-state index contributed by atoms with van der Waals surface area (Å²) in [5, 5.41) is 9.14. The number of nitrogens with zero attached hydrogens (tertiary/aromatic N) is 2. The van der Waals surface area contributed by atoms with Crippen LogP contribution in [0.15, 0.2) is 36.4 Å². The monoisotopic (exact) mass is 332 g/mol. The number of halogens is 1. The first-order chi connectivity index (χ1) is 11.3. The number of fused-ring (bicyclic) bond motifs is 1. The highest BCUT2D eigenvalue weighted by molar-refractivity contribution is 6.23. The fraction of sp³-hybridized carbons (Fsp3) is 0.250. The molecule has 8 heteroatoms. The summed E-state index contributed by atoms with van der Waals surface area (Å²) < 4.78 is 14.5. The maximum Gasteiger partial charge on any atom is 0.330 e. The van der Waals surface area contributed by atoms with Crippen molar-refractivity contribution in [1.82, 2.24) is 9.80 Å². The number of likely N-dealkylation sites (tertiary alicyclic amines) is 1. The minimum Gasteiger partial charge on any atom is -0.479 e. The Hall–Kier alpha value is -3.03. The maximum absolute atomic E-state index is 14.5. The molecule has 0 saturated carbocycles. The van der Waals surface area contributed by atoms with Crippen LogP contribution < -0.4 is 0 Å². The standard InChI is InChI=1S/C16H13FN2O5/c1-7(2)10(16(23)24)18-12(17)11(15(18)22)19-13(20)8-5-3-4-6-9(8)14(19)21/h3-6,10-12H,1H2,2H3,(H,23,24). The zero-order valence-corrected chi connectivity index (χ0v) is 12.6. The second kappa shape index (κ2) is 5.26. The zero-order valence-electron chi connectivity index (χ0n) is 12.6. The van der Waals surface area contributed by atoms with Gasteiger partial charge in [0.2, 0.25) is 6.30 Å². The van der Waals surface area contributed by atoms with Gasteiger partial charge < -0.3 is 5.11 Å². The van der Waals surface area contributed by atoms with E-state index in [1.165, 1.54) is 19.1 Å². The van der Waals surface area contributed by atoms with Crippen molar-refractivity contribution in [2.45, 2.75) is 25.3 Å². The molecule has 3 unspecified atom stereocenters. The fourth-order valence-electron chi connectivity index (χ4n) is 2.99. The van der Waals surface area contributed by atoms with Crippen molar-refractivity contribution in [1.29, 1.82) is 0 Å². The van der Waals surface area contributed by atoms with Gasteiger partial charge in [-0.3, -0.25) is 24.2 Å². The lowest BCUT2D eigenvalue weighted by molar-refractivity contribution is -0.178. The molecule has 2 aliphatic rings. The highest BCUT2D eigenvalue weighted by atomic mass is 19.1. The van der Waals surface area contributed by atoms with Crippen molar-refractivity contribution in [2.75, 3.05) is 0 Å². The molecule has 0 spiro atoms. The molecule has 0 radical (unpaired) electrons. The highest BCUT2D eigenvalue weighted by Gasteiger charge is 2.60. The minimum absolute atomic E-state index is 0.0688. The molecule has 1 fully saturated rings. The molecule has 0 aliphatic carbocycles. The van der Waals surface area contributed by atoms with E-state index in [-0.39, 0.29) is 16.7 Å². The average Bonchev–Trinajstić information content (AvgIpc) is 2.77. The van der Waals surface area contributed by atoms with Gasteiger partial charge in [0.15, 0.2) is 12.1 Å². The number of benzene rings is 1. The summed E-state index contributed by atoms with van der Waals surface area (Å²) in [5.41, 5.74) is 0.255. The summed E-state index contributed by atoms with van der Waals surface area (Å²) in [4.78, 5) is 49.2. The lowest BCUT2D eigenvalue weighted by Crippen LogP contribution is -2.73. The van der Waals surface area contributed by atoms with E-state index in [4.69, 9.17) is 5.11 Å². The summed E-state index contributed by atoms with van der Waals surface area (Å²) >= 11 is 0. The van der Waals surface area contributed by atoms with Crippen molar-refractivity contribution in [3.8, 4) is 0 Å². The molecule has 0 bridgehead atoms. The summed E-state index contributed by atoms with van der Waals surface area (Å²) in [6.45, 7) is 4.80. The molecule has 1 aromatic rings. The second-order valence-corrected chi connectivity index (χ2v) is 5.68. The Balaban J connectivity index is 1.90. The van der Waals surface area contributed by atoms with Gasteiger partial charge in [-0.2, -0.15) is 0 Å². The number of aliphatic carboxylic acids is 1. The molecule has 1 N–H and O–H groups in total. The molecule has 1 aromatic carbocycles. The van der Waals surface area contributed by atoms with Crippen molar-refractivity contribution >= 4 is 23.7 Å². The predicted octanol–water partition coefficient (Wildman–Crippen LogP) is 0.818. The highest BCUT2D eigenvalue weighted by Crippen LogP contribution is 2.35. The number of carbonyl (C=O) groups is 4. The average molecular weight is 332 g/mol. The Morgan fingerprint density at radius 1 is 1.21 bits per heavy atom. The van der Waals surface area contributed by atoms with Gasteiger partial charge in [-0.25, -0.2) is 9.18 Å². The van der Waals surface area contributed by atoms with Crippen LogP contribution in [0.2, 0.25) is 0 Å². The number of hydrogen-bond donors (Lipinski definition) is 1. The van der Waals surface area contributed by atoms with Gasteiger partial charge in [0, 0.05) is 0 Å². The zero-order chi connectivity index (χ0) is 17.8. The molecule has 3 rings (SSSR count).